The van der Waals surface area contributed by atoms with Crippen molar-refractivity contribution in [1.29, 1.82) is 0 Å². The van der Waals surface area contributed by atoms with E-state index in [4.69, 9.17) is 0 Å². The van der Waals surface area contributed by atoms with Crippen LogP contribution in [0.5, 0.6) is 0 Å². The van der Waals surface area contributed by atoms with Gasteiger partial charge in [-0.3, -0.25) is 4.79 Å². The first kappa shape index (κ1) is 10.6. The largest absolute Gasteiger partial charge is 0.351 e. The average molecular weight is 183 g/mol. The van der Waals surface area contributed by atoms with E-state index in [1.165, 1.54) is 0 Å². The zero-order valence-corrected chi connectivity index (χ0v) is 9.35. The number of rotatable bonds is 3. The summed E-state index contributed by atoms with van der Waals surface area (Å²) in [6.45, 7) is 10.6. The Balaban J connectivity index is 2.44. The molecule has 1 aliphatic rings. The third-order valence-electron chi connectivity index (χ3n) is 3.33. The Bertz CT molecular complexity index is 208. The quantitative estimate of drug-likeness (QED) is 0.714. The van der Waals surface area contributed by atoms with E-state index in [1.807, 2.05) is 0 Å². The van der Waals surface area contributed by atoms with Gasteiger partial charge in [0.25, 0.3) is 0 Å². The van der Waals surface area contributed by atoms with Gasteiger partial charge in [0.05, 0.1) is 0 Å². The Kier molecular flexibility index (Phi) is 2.69. The highest BCUT2D eigenvalue weighted by atomic mass is 16.2. The summed E-state index contributed by atoms with van der Waals surface area (Å²) in [5.74, 6) is 1.61. The van der Waals surface area contributed by atoms with Crippen molar-refractivity contribution in [3.63, 3.8) is 0 Å². The summed E-state index contributed by atoms with van der Waals surface area (Å²) in [6, 6.07) is 0. The summed E-state index contributed by atoms with van der Waals surface area (Å²) < 4.78 is 0. The zero-order valence-electron chi connectivity index (χ0n) is 9.35. The first-order chi connectivity index (χ1) is 5.84. The molecule has 1 aliphatic carbocycles. The molecule has 0 radical (unpaired) electrons. The molecule has 1 fully saturated rings. The second-order valence-electron chi connectivity index (χ2n) is 5.19. The molecule has 0 spiro atoms. The molecule has 0 saturated heterocycles. The molecule has 0 aromatic carbocycles. The van der Waals surface area contributed by atoms with Crippen molar-refractivity contribution in [1.82, 2.24) is 5.32 Å². The van der Waals surface area contributed by atoms with Crippen LogP contribution in [0.4, 0.5) is 0 Å². The van der Waals surface area contributed by atoms with Crippen LogP contribution in [0.2, 0.25) is 0 Å². The summed E-state index contributed by atoms with van der Waals surface area (Å²) in [7, 11) is 0. The van der Waals surface area contributed by atoms with Crippen LogP contribution in [0.3, 0.4) is 0 Å². The molecule has 0 heterocycles. The van der Waals surface area contributed by atoms with Gasteiger partial charge in [-0.15, -0.1) is 0 Å². The van der Waals surface area contributed by atoms with Crippen molar-refractivity contribution in [2.75, 3.05) is 0 Å². The van der Waals surface area contributed by atoms with Gasteiger partial charge in [-0.2, -0.15) is 0 Å². The summed E-state index contributed by atoms with van der Waals surface area (Å²) in [6.07, 6.45) is 1.07. The lowest BCUT2D eigenvalue weighted by Crippen LogP contribution is -2.48. The molecule has 2 nitrogen and oxygen atoms in total. The van der Waals surface area contributed by atoms with Gasteiger partial charge in [0.15, 0.2) is 0 Å². The van der Waals surface area contributed by atoms with E-state index in [2.05, 4.69) is 39.9 Å². The van der Waals surface area contributed by atoms with Crippen LogP contribution in [0, 0.1) is 17.8 Å². The number of hydrogen-bond donors (Lipinski definition) is 1. The minimum atomic E-state index is -0.0700. The van der Waals surface area contributed by atoms with E-state index >= 15 is 0 Å². The maximum atomic E-state index is 11.6. The van der Waals surface area contributed by atoms with E-state index in [0.717, 1.165) is 6.42 Å². The van der Waals surface area contributed by atoms with Gasteiger partial charge in [0, 0.05) is 11.5 Å². The van der Waals surface area contributed by atoms with Crippen LogP contribution in [0.1, 0.15) is 41.0 Å². The molecular weight excluding hydrogens is 162 g/mol. The number of hydrogen-bond acceptors (Lipinski definition) is 1. The number of amides is 1. The lowest BCUT2D eigenvalue weighted by Gasteiger charge is -2.30. The topological polar surface area (TPSA) is 29.1 Å². The van der Waals surface area contributed by atoms with Crippen LogP contribution in [-0.4, -0.2) is 11.4 Å². The van der Waals surface area contributed by atoms with E-state index in [0.29, 0.717) is 11.8 Å². The van der Waals surface area contributed by atoms with Crippen molar-refractivity contribution in [3.8, 4) is 0 Å². The van der Waals surface area contributed by atoms with Crippen LogP contribution >= 0.6 is 0 Å². The molecular formula is C11H21NO. The van der Waals surface area contributed by atoms with Crippen LogP contribution in [0.15, 0.2) is 0 Å². The van der Waals surface area contributed by atoms with Crippen molar-refractivity contribution in [2.45, 2.75) is 46.6 Å². The molecule has 76 valence electrons. The van der Waals surface area contributed by atoms with Gasteiger partial charge in [0.2, 0.25) is 5.91 Å². The maximum Gasteiger partial charge on any atom is 0.223 e. The minimum absolute atomic E-state index is 0.0700. The molecule has 1 N–H and O–H groups in total. The fraction of sp³-hybridized carbons (Fsp3) is 0.909. The Morgan fingerprint density at radius 3 is 2.23 bits per heavy atom. The molecule has 13 heavy (non-hydrogen) atoms. The second-order valence-corrected chi connectivity index (χ2v) is 5.19. The third-order valence-corrected chi connectivity index (χ3v) is 3.33. The van der Waals surface area contributed by atoms with E-state index in [1.54, 1.807) is 0 Å². The minimum Gasteiger partial charge on any atom is -0.351 e. The highest BCUT2D eigenvalue weighted by Crippen LogP contribution is 2.38. The molecule has 2 atom stereocenters. The molecule has 0 aromatic rings. The van der Waals surface area contributed by atoms with Crippen LogP contribution in [-0.2, 0) is 4.79 Å². The summed E-state index contributed by atoms with van der Waals surface area (Å²) in [5, 5.41) is 3.11. The first-order valence-corrected chi connectivity index (χ1v) is 5.16. The molecule has 1 rings (SSSR count). The van der Waals surface area contributed by atoms with Gasteiger partial charge in [0.1, 0.15) is 0 Å². The molecule has 0 aromatic heterocycles. The van der Waals surface area contributed by atoms with Gasteiger partial charge in [-0.05, 0) is 32.1 Å². The SMILES string of the molecule is CC1CC1C(=O)NC(C)(C)C(C)C. The lowest BCUT2D eigenvalue weighted by atomic mass is 9.90. The van der Waals surface area contributed by atoms with Gasteiger partial charge >= 0.3 is 0 Å². The van der Waals surface area contributed by atoms with Crippen LogP contribution < -0.4 is 5.32 Å². The monoisotopic (exact) mass is 183 g/mol. The molecule has 0 aliphatic heterocycles. The Morgan fingerprint density at radius 1 is 1.46 bits per heavy atom. The molecule has 1 amide bonds. The predicted molar refractivity (Wildman–Crippen MR) is 54.3 cm³/mol. The highest BCUT2D eigenvalue weighted by Gasteiger charge is 2.41. The normalized spacial score (nSPS) is 27.5. The average Bonchev–Trinajstić information content (AvgIpc) is 2.65. The summed E-state index contributed by atoms with van der Waals surface area (Å²) in [4.78, 5) is 11.6. The summed E-state index contributed by atoms with van der Waals surface area (Å²) in [5.41, 5.74) is -0.0700. The standard InChI is InChI=1S/C11H21NO/c1-7(2)11(4,5)12-10(13)9-6-8(9)3/h7-9H,6H2,1-5H3,(H,12,13). The Labute approximate surface area is 81.1 Å². The van der Waals surface area contributed by atoms with Gasteiger partial charge in [-0.25, -0.2) is 0 Å². The molecule has 2 heteroatoms. The van der Waals surface area contributed by atoms with Crippen molar-refractivity contribution < 1.29 is 4.79 Å². The highest BCUT2D eigenvalue weighted by molar-refractivity contribution is 5.82. The molecule has 2 unspecified atom stereocenters. The fourth-order valence-corrected chi connectivity index (χ4v) is 1.24. The van der Waals surface area contributed by atoms with Crippen molar-refractivity contribution >= 4 is 5.91 Å². The van der Waals surface area contributed by atoms with Gasteiger partial charge in [-0.1, -0.05) is 20.8 Å². The number of carbonyl (C=O) groups excluding carboxylic acids is 1. The van der Waals surface area contributed by atoms with Crippen molar-refractivity contribution in [3.05, 3.63) is 0 Å². The van der Waals surface area contributed by atoms with E-state index in [9.17, 15) is 4.79 Å². The van der Waals surface area contributed by atoms with Crippen LogP contribution in [0.25, 0.3) is 0 Å². The smallest absolute Gasteiger partial charge is 0.223 e. The number of nitrogens with one attached hydrogen (secondary N) is 1. The second kappa shape index (κ2) is 3.32. The fourth-order valence-electron chi connectivity index (χ4n) is 1.24. The Hall–Kier alpha value is -0.530. The summed E-state index contributed by atoms with van der Waals surface area (Å²) >= 11 is 0. The third kappa shape index (κ3) is 2.45. The zero-order chi connectivity index (χ0) is 10.2. The van der Waals surface area contributed by atoms with E-state index < -0.39 is 0 Å². The molecule has 1 saturated carbocycles. The predicted octanol–water partition coefficient (Wildman–Crippen LogP) is 2.19. The Morgan fingerprint density at radius 2 is 1.92 bits per heavy atom. The van der Waals surface area contributed by atoms with Gasteiger partial charge < -0.3 is 5.32 Å². The number of carbonyl (C=O) groups is 1. The lowest BCUT2D eigenvalue weighted by molar-refractivity contribution is -0.124. The van der Waals surface area contributed by atoms with Crippen molar-refractivity contribution in [2.24, 2.45) is 17.8 Å². The maximum absolute atomic E-state index is 11.6. The van der Waals surface area contributed by atoms with E-state index in [-0.39, 0.29) is 17.4 Å². The molecule has 0 bridgehead atoms. The first-order valence-electron chi connectivity index (χ1n) is 5.16.